The number of ether oxygens (including phenoxy) is 2. The Hall–Kier alpha value is -1.88. The zero-order valence-electron chi connectivity index (χ0n) is 11.3. The minimum atomic E-state index is 0.299. The summed E-state index contributed by atoms with van der Waals surface area (Å²) < 4.78 is 16.2. The normalized spacial score (nSPS) is 18.3. The van der Waals surface area contributed by atoms with Crippen molar-refractivity contribution in [1.82, 2.24) is 10.1 Å². The van der Waals surface area contributed by atoms with Crippen molar-refractivity contribution in [1.29, 1.82) is 0 Å². The van der Waals surface area contributed by atoms with Gasteiger partial charge in [-0.05, 0) is 25.0 Å². The van der Waals surface area contributed by atoms with Crippen molar-refractivity contribution < 1.29 is 14.0 Å². The predicted molar refractivity (Wildman–Crippen MR) is 72.7 cm³/mol. The van der Waals surface area contributed by atoms with Gasteiger partial charge in [0.25, 0.3) is 0 Å². The maximum atomic E-state index is 5.62. The number of hydrogen-bond acceptors (Lipinski definition) is 5. The van der Waals surface area contributed by atoms with Crippen LogP contribution >= 0.6 is 0 Å². The third-order valence-electron chi connectivity index (χ3n) is 3.33. The molecule has 0 spiro atoms. The van der Waals surface area contributed by atoms with Crippen molar-refractivity contribution in [2.24, 2.45) is 0 Å². The van der Waals surface area contributed by atoms with Gasteiger partial charge in [-0.2, -0.15) is 4.98 Å². The Kier molecular flexibility index (Phi) is 4.28. The molecule has 0 saturated carbocycles. The van der Waals surface area contributed by atoms with Crippen LogP contribution in [0.5, 0.6) is 5.75 Å². The summed E-state index contributed by atoms with van der Waals surface area (Å²) in [7, 11) is 0. The molecule has 1 aromatic heterocycles. The van der Waals surface area contributed by atoms with Gasteiger partial charge in [-0.25, -0.2) is 0 Å². The van der Waals surface area contributed by atoms with E-state index < -0.39 is 0 Å². The maximum Gasteiger partial charge on any atom is 0.226 e. The van der Waals surface area contributed by atoms with E-state index in [0.717, 1.165) is 37.4 Å². The first-order valence-electron chi connectivity index (χ1n) is 7.00. The lowest BCUT2D eigenvalue weighted by atomic mass is 10.1. The lowest BCUT2D eigenvalue weighted by Crippen LogP contribution is -2.01. The number of benzene rings is 1. The molecule has 0 radical (unpaired) electrons. The highest BCUT2D eigenvalue weighted by molar-refractivity contribution is 5.20. The summed E-state index contributed by atoms with van der Waals surface area (Å²) in [5.41, 5.74) is 0. The number of aryl methyl sites for hydroxylation is 1. The molecule has 1 saturated heterocycles. The van der Waals surface area contributed by atoms with Gasteiger partial charge in [0.2, 0.25) is 5.89 Å². The molecule has 2 heterocycles. The van der Waals surface area contributed by atoms with Gasteiger partial charge in [-0.3, -0.25) is 0 Å². The molecule has 1 aromatic carbocycles. The van der Waals surface area contributed by atoms with Gasteiger partial charge < -0.3 is 14.0 Å². The SMILES string of the molecule is c1ccc(OCCCc2nc([C@H]3CCOC3)no2)cc1. The van der Waals surface area contributed by atoms with E-state index in [1.807, 2.05) is 30.3 Å². The van der Waals surface area contributed by atoms with Crippen molar-refractivity contribution in [2.75, 3.05) is 19.8 Å². The van der Waals surface area contributed by atoms with Gasteiger partial charge in [0, 0.05) is 18.9 Å². The minimum absolute atomic E-state index is 0.299. The van der Waals surface area contributed by atoms with E-state index in [4.69, 9.17) is 14.0 Å². The average Bonchev–Trinajstić information content (AvgIpc) is 3.15. The quantitative estimate of drug-likeness (QED) is 0.758. The van der Waals surface area contributed by atoms with Gasteiger partial charge in [0.05, 0.1) is 13.2 Å². The standard InChI is InChI=1S/C15H18N2O3/c1-2-5-13(6-3-1)19-9-4-7-14-16-15(17-20-14)12-8-10-18-11-12/h1-3,5-6,12H,4,7-11H2/t12-/m0/s1. The fourth-order valence-corrected chi connectivity index (χ4v) is 2.20. The summed E-state index contributed by atoms with van der Waals surface area (Å²) in [6, 6.07) is 9.79. The molecule has 5 nitrogen and oxygen atoms in total. The van der Waals surface area contributed by atoms with Gasteiger partial charge in [-0.15, -0.1) is 0 Å². The Morgan fingerprint density at radius 2 is 2.15 bits per heavy atom. The molecule has 0 bridgehead atoms. The third-order valence-corrected chi connectivity index (χ3v) is 3.33. The topological polar surface area (TPSA) is 57.4 Å². The lowest BCUT2D eigenvalue weighted by molar-refractivity contribution is 0.192. The molecule has 0 amide bonds. The molecule has 0 aliphatic carbocycles. The molecule has 1 aliphatic rings. The number of rotatable bonds is 6. The number of para-hydroxylation sites is 1. The molecular formula is C15H18N2O3. The van der Waals surface area contributed by atoms with Crippen LogP contribution < -0.4 is 4.74 Å². The largest absolute Gasteiger partial charge is 0.494 e. The Morgan fingerprint density at radius 1 is 1.25 bits per heavy atom. The summed E-state index contributed by atoms with van der Waals surface area (Å²) in [5, 5.41) is 4.03. The summed E-state index contributed by atoms with van der Waals surface area (Å²) in [5.74, 6) is 2.65. The highest BCUT2D eigenvalue weighted by Gasteiger charge is 2.22. The molecule has 20 heavy (non-hydrogen) atoms. The van der Waals surface area contributed by atoms with E-state index in [1.54, 1.807) is 0 Å². The summed E-state index contributed by atoms with van der Waals surface area (Å²) in [6.45, 7) is 2.14. The minimum Gasteiger partial charge on any atom is -0.494 e. The second-order valence-electron chi connectivity index (χ2n) is 4.87. The number of nitrogens with zero attached hydrogens (tertiary/aromatic N) is 2. The van der Waals surface area contributed by atoms with Crippen LogP contribution in [0.4, 0.5) is 0 Å². The van der Waals surface area contributed by atoms with Gasteiger partial charge >= 0.3 is 0 Å². The lowest BCUT2D eigenvalue weighted by Gasteiger charge is -2.03. The molecular weight excluding hydrogens is 256 g/mol. The molecule has 1 aliphatic heterocycles. The Labute approximate surface area is 117 Å². The van der Waals surface area contributed by atoms with E-state index in [0.29, 0.717) is 25.0 Å². The van der Waals surface area contributed by atoms with Gasteiger partial charge in [-0.1, -0.05) is 23.4 Å². The molecule has 1 fully saturated rings. The summed E-state index contributed by atoms with van der Waals surface area (Å²) in [6.07, 6.45) is 2.58. The molecule has 106 valence electrons. The van der Waals surface area contributed by atoms with Crippen LogP contribution in [0, 0.1) is 0 Å². The van der Waals surface area contributed by atoms with Crippen molar-refractivity contribution >= 4 is 0 Å². The predicted octanol–water partition coefficient (Wildman–Crippen LogP) is 2.59. The zero-order valence-corrected chi connectivity index (χ0v) is 11.3. The number of aromatic nitrogens is 2. The van der Waals surface area contributed by atoms with E-state index in [2.05, 4.69) is 10.1 Å². The monoisotopic (exact) mass is 274 g/mol. The Balaban J connectivity index is 1.42. The molecule has 3 rings (SSSR count). The fraction of sp³-hybridized carbons (Fsp3) is 0.467. The third kappa shape index (κ3) is 3.36. The van der Waals surface area contributed by atoms with Crippen LogP contribution in [0.1, 0.15) is 30.5 Å². The van der Waals surface area contributed by atoms with Crippen LogP contribution in [0.15, 0.2) is 34.9 Å². The van der Waals surface area contributed by atoms with Gasteiger partial charge in [0.1, 0.15) is 5.75 Å². The first-order valence-corrected chi connectivity index (χ1v) is 7.00. The molecule has 5 heteroatoms. The first-order chi connectivity index (χ1) is 9.92. The average molecular weight is 274 g/mol. The first kappa shape index (κ1) is 13.1. The van der Waals surface area contributed by atoms with Crippen LogP contribution in [-0.2, 0) is 11.2 Å². The second-order valence-corrected chi connectivity index (χ2v) is 4.87. The Bertz CT molecular complexity index is 521. The second kappa shape index (κ2) is 6.52. The molecule has 1 atom stereocenters. The highest BCUT2D eigenvalue weighted by atomic mass is 16.5. The van der Waals surface area contributed by atoms with E-state index in [1.165, 1.54) is 0 Å². The molecule has 2 aromatic rings. The Morgan fingerprint density at radius 3 is 2.95 bits per heavy atom. The summed E-state index contributed by atoms with van der Waals surface area (Å²) >= 11 is 0. The van der Waals surface area contributed by atoms with Gasteiger partial charge in [0.15, 0.2) is 5.82 Å². The zero-order chi connectivity index (χ0) is 13.6. The van der Waals surface area contributed by atoms with Crippen LogP contribution in [0.3, 0.4) is 0 Å². The summed E-state index contributed by atoms with van der Waals surface area (Å²) in [4.78, 5) is 4.42. The fourth-order valence-electron chi connectivity index (χ4n) is 2.20. The van der Waals surface area contributed by atoms with E-state index in [-0.39, 0.29) is 0 Å². The van der Waals surface area contributed by atoms with Crippen molar-refractivity contribution in [3.8, 4) is 5.75 Å². The van der Waals surface area contributed by atoms with E-state index >= 15 is 0 Å². The van der Waals surface area contributed by atoms with E-state index in [9.17, 15) is 0 Å². The van der Waals surface area contributed by atoms with Crippen LogP contribution in [-0.4, -0.2) is 30.0 Å². The number of hydrogen-bond donors (Lipinski definition) is 0. The molecule has 0 unspecified atom stereocenters. The van der Waals surface area contributed by atoms with Crippen molar-refractivity contribution in [3.05, 3.63) is 42.0 Å². The smallest absolute Gasteiger partial charge is 0.226 e. The van der Waals surface area contributed by atoms with Crippen LogP contribution in [0.25, 0.3) is 0 Å². The highest BCUT2D eigenvalue weighted by Crippen LogP contribution is 2.22. The van der Waals surface area contributed by atoms with Crippen LogP contribution in [0.2, 0.25) is 0 Å². The molecule has 0 N–H and O–H groups in total. The maximum absolute atomic E-state index is 5.62. The van der Waals surface area contributed by atoms with Crippen molar-refractivity contribution in [2.45, 2.75) is 25.2 Å². The van der Waals surface area contributed by atoms with Crippen molar-refractivity contribution in [3.63, 3.8) is 0 Å².